The van der Waals surface area contributed by atoms with Crippen molar-refractivity contribution < 1.29 is 14.3 Å². The number of nitrogens with one attached hydrogen (secondary N) is 2. The number of nitrogens with zero attached hydrogens (tertiary/aromatic N) is 3. The summed E-state index contributed by atoms with van der Waals surface area (Å²) < 4.78 is 5.57. The number of aromatic nitrogens is 2. The number of amides is 1. The van der Waals surface area contributed by atoms with E-state index in [0.29, 0.717) is 23.1 Å². The summed E-state index contributed by atoms with van der Waals surface area (Å²) in [6.07, 6.45) is 3.22. The summed E-state index contributed by atoms with van der Waals surface area (Å²) in [6.45, 7) is 9.96. The highest BCUT2D eigenvalue weighted by Gasteiger charge is 2.30. The van der Waals surface area contributed by atoms with Gasteiger partial charge in [0.1, 0.15) is 5.60 Å². The number of carbonyl (C=O) groups is 2. The highest BCUT2D eigenvalue weighted by atomic mass is 16.6. The van der Waals surface area contributed by atoms with E-state index in [1.165, 1.54) is 0 Å². The van der Waals surface area contributed by atoms with Crippen molar-refractivity contribution in [1.82, 2.24) is 10.2 Å². The molecule has 8 heteroatoms. The van der Waals surface area contributed by atoms with E-state index in [1.807, 2.05) is 58.0 Å². The van der Waals surface area contributed by atoms with Gasteiger partial charge in [0, 0.05) is 25.8 Å². The first kappa shape index (κ1) is 26.4. The van der Waals surface area contributed by atoms with Crippen LogP contribution >= 0.6 is 0 Å². The van der Waals surface area contributed by atoms with Gasteiger partial charge in [0.25, 0.3) is 5.91 Å². The van der Waals surface area contributed by atoms with Gasteiger partial charge in [-0.3, -0.25) is 9.59 Å². The Morgan fingerprint density at radius 2 is 1.71 bits per heavy atom. The molecule has 1 saturated carbocycles. The lowest BCUT2D eigenvalue weighted by atomic mass is 9.85. The number of anilines is 3. The van der Waals surface area contributed by atoms with Gasteiger partial charge < -0.3 is 20.3 Å². The second-order valence-corrected chi connectivity index (χ2v) is 10.8. The Morgan fingerprint density at radius 3 is 2.26 bits per heavy atom. The average molecular weight is 482 g/mol. The van der Waals surface area contributed by atoms with Crippen molar-refractivity contribution in [3.05, 3.63) is 41.5 Å². The van der Waals surface area contributed by atoms with Gasteiger partial charge in [-0.25, -0.2) is 0 Å². The summed E-state index contributed by atoms with van der Waals surface area (Å²) in [6, 6.07) is 9.65. The maximum absolute atomic E-state index is 13.2. The fourth-order valence-corrected chi connectivity index (χ4v) is 4.13. The molecule has 190 valence electrons. The molecule has 1 fully saturated rings. The molecule has 1 amide bonds. The van der Waals surface area contributed by atoms with E-state index in [0.717, 1.165) is 36.9 Å². The fraction of sp³-hybridized carbons (Fsp3) is 0.556. The Kier molecular flexibility index (Phi) is 8.35. The number of carbonyl (C=O) groups excluding carboxylic acids is 2. The van der Waals surface area contributed by atoms with Gasteiger partial charge in [0.05, 0.1) is 11.5 Å². The topological polar surface area (TPSA) is 96.5 Å². The Balaban J connectivity index is 1.71. The van der Waals surface area contributed by atoms with Crippen LogP contribution in [0.2, 0.25) is 0 Å². The molecule has 0 atom stereocenters. The van der Waals surface area contributed by atoms with Gasteiger partial charge >= 0.3 is 5.97 Å². The molecular weight excluding hydrogens is 442 g/mol. The van der Waals surface area contributed by atoms with Crippen LogP contribution in [0.25, 0.3) is 0 Å². The van der Waals surface area contributed by atoms with Crippen LogP contribution in [-0.4, -0.2) is 47.8 Å². The highest BCUT2D eigenvalue weighted by Crippen LogP contribution is 2.31. The number of hydrogen-bond acceptors (Lipinski definition) is 7. The number of hydrogen-bond donors (Lipinski definition) is 2. The van der Waals surface area contributed by atoms with E-state index in [1.54, 1.807) is 6.07 Å². The van der Waals surface area contributed by atoms with Crippen LogP contribution in [0, 0.1) is 5.92 Å². The summed E-state index contributed by atoms with van der Waals surface area (Å²) >= 11 is 0. The second-order valence-electron chi connectivity index (χ2n) is 10.8. The SMILES string of the molecule is CC(C)c1ccc(C(=O)Nc2ccc(N(C)C)nn2)c(NC2CCC(C(=O)OC(C)(C)C)CC2)c1. The summed E-state index contributed by atoms with van der Waals surface area (Å²) in [4.78, 5) is 27.5. The minimum absolute atomic E-state index is 0.0687. The molecule has 0 aliphatic heterocycles. The summed E-state index contributed by atoms with van der Waals surface area (Å²) in [7, 11) is 3.77. The number of benzene rings is 1. The van der Waals surface area contributed by atoms with Crippen molar-refractivity contribution >= 4 is 29.2 Å². The zero-order chi connectivity index (χ0) is 25.8. The fourth-order valence-electron chi connectivity index (χ4n) is 4.13. The Bertz CT molecular complexity index is 1020. The first-order valence-electron chi connectivity index (χ1n) is 12.4. The van der Waals surface area contributed by atoms with E-state index in [4.69, 9.17) is 4.74 Å². The quantitative estimate of drug-likeness (QED) is 0.523. The van der Waals surface area contributed by atoms with Gasteiger partial charge in [-0.05, 0) is 82.2 Å². The van der Waals surface area contributed by atoms with Crippen molar-refractivity contribution in [2.45, 2.75) is 77.9 Å². The van der Waals surface area contributed by atoms with Crippen molar-refractivity contribution in [2.75, 3.05) is 29.6 Å². The molecule has 1 aromatic carbocycles. The van der Waals surface area contributed by atoms with Crippen LogP contribution in [0.15, 0.2) is 30.3 Å². The van der Waals surface area contributed by atoms with Gasteiger partial charge in [0.2, 0.25) is 0 Å². The molecule has 0 radical (unpaired) electrons. The molecule has 1 aliphatic carbocycles. The van der Waals surface area contributed by atoms with E-state index in [2.05, 4.69) is 40.7 Å². The third-order valence-corrected chi connectivity index (χ3v) is 6.13. The smallest absolute Gasteiger partial charge is 0.309 e. The third kappa shape index (κ3) is 7.41. The molecule has 0 bridgehead atoms. The molecule has 35 heavy (non-hydrogen) atoms. The molecule has 2 aromatic rings. The minimum Gasteiger partial charge on any atom is -0.460 e. The Morgan fingerprint density at radius 1 is 1.03 bits per heavy atom. The summed E-state index contributed by atoms with van der Waals surface area (Å²) in [5.74, 6) is 1.03. The number of esters is 1. The standard InChI is InChI=1S/C27H39N5O3/c1-17(2)19-10-13-21(25(33)29-23-14-15-24(31-30-23)32(6)7)22(16-19)28-20-11-8-18(9-12-20)26(34)35-27(3,4)5/h10,13-18,20,28H,8-9,11-12H2,1-7H3,(H,29,30,33). The van der Waals surface area contributed by atoms with E-state index < -0.39 is 5.60 Å². The molecule has 0 unspecified atom stereocenters. The summed E-state index contributed by atoms with van der Waals surface area (Å²) in [5, 5.41) is 14.7. The first-order chi connectivity index (χ1) is 16.4. The lowest BCUT2D eigenvalue weighted by molar-refractivity contribution is -0.161. The normalized spacial score (nSPS) is 18.2. The molecule has 1 heterocycles. The molecule has 0 spiro atoms. The lowest BCUT2D eigenvalue weighted by Crippen LogP contribution is -2.34. The second kappa shape index (κ2) is 11.1. The summed E-state index contributed by atoms with van der Waals surface area (Å²) in [5.41, 5.74) is 2.04. The Labute approximate surface area is 208 Å². The van der Waals surface area contributed by atoms with Crippen LogP contribution < -0.4 is 15.5 Å². The van der Waals surface area contributed by atoms with Crippen molar-refractivity contribution in [3.8, 4) is 0 Å². The number of ether oxygens (including phenoxy) is 1. The molecular formula is C27H39N5O3. The first-order valence-corrected chi connectivity index (χ1v) is 12.4. The molecule has 3 rings (SSSR count). The van der Waals surface area contributed by atoms with E-state index in [9.17, 15) is 9.59 Å². The van der Waals surface area contributed by atoms with Gasteiger partial charge in [-0.2, -0.15) is 0 Å². The van der Waals surface area contributed by atoms with Crippen molar-refractivity contribution in [3.63, 3.8) is 0 Å². The maximum Gasteiger partial charge on any atom is 0.309 e. The van der Waals surface area contributed by atoms with Crippen LogP contribution in [-0.2, 0) is 9.53 Å². The van der Waals surface area contributed by atoms with Gasteiger partial charge in [0.15, 0.2) is 11.6 Å². The van der Waals surface area contributed by atoms with Gasteiger partial charge in [-0.1, -0.05) is 19.9 Å². The molecule has 8 nitrogen and oxygen atoms in total. The molecule has 0 saturated heterocycles. The minimum atomic E-state index is -0.469. The lowest BCUT2D eigenvalue weighted by Gasteiger charge is -2.31. The monoisotopic (exact) mass is 481 g/mol. The van der Waals surface area contributed by atoms with Crippen LogP contribution in [0.5, 0.6) is 0 Å². The molecule has 1 aromatic heterocycles. The van der Waals surface area contributed by atoms with Crippen LogP contribution in [0.1, 0.15) is 82.1 Å². The van der Waals surface area contributed by atoms with Gasteiger partial charge in [-0.15, -0.1) is 10.2 Å². The average Bonchev–Trinajstić information content (AvgIpc) is 2.78. The predicted octanol–water partition coefficient (Wildman–Crippen LogP) is 5.23. The van der Waals surface area contributed by atoms with E-state index in [-0.39, 0.29) is 23.8 Å². The van der Waals surface area contributed by atoms with Crippen LogP contribution in [0.4, 0.5) is 17.3 Å². The predicted molar refractivity (Wildman–Crippen MR) is 140 cm³/mol. The maximum atomic E-state index is 13.2. The molecule has 1 aliphatic rings. The zero-order valence-electron chi connectivity index (χ0n) is 22.0. The van der Waals surface area contributed by atoms with Crippen molar-refractivity contribution in [2.24, 2.45) is 5.92 Å². The van der Waals surface area contributed by atoms with Crippen molar-refractivity contribution in [1.29, 1.82) is 0 Å². The van der Waals surface area contributed by atoms with E-state index >= 15 is 0 Å². The van der Waals surface area contributed by atoms with Crippen LogP contribution in [0.3, 0.4) is 0 Å². The Hall–Kier alpha value is -3.16. The molecule has 2 N–H and O–H groups in total. The largest absolute Gasteiger partial charge is 0.460 e. The zero-order valence-corrected chi connectivity index (χ0v) is 22.0. The highest BCUT2D eigenvalue weighted by molar-refractivity contribution is 6.07. The third-order valence-electron chi connectivity index (χ3n) is 6.13. The number of rotatable bonds is 7.